The van der Waals surface area contributed by atoms with E-state index >= 15 is 0 Å². The molecule has 162 valence electrons. The third-order valence-corrected chi connectivity index (χ3v) is 6.37. The molecule has 1 aromatic heterocycles. The van der Waals surface area contributed by atoms with Crippen molar-refractivity contribution in [3.8, 4) is 5.75 Å². The number of carbonyl (C=O) groups excluding carboxylic acids is 1. The molecule has 1 N–H and O–H groups in total. The van der Waals surface area contributed by atoms with Gasteiger partial charge in [0.2, 0.25) is 5.91 Å². The smallest absolute Gasteiger partial charge is 0.220 e. The summed E-state index contributed by atoms with van der Waals surface area (Å²) in [5, 5.41) is 7.37. The molecular formula is C24H34N4O2. The Labute approximate surface area is 179 Å². The van der Waals surface area contributed by atoms with Crippen molar-refractivity contribution in [2.24, 2.45) is 13.0 Å². The highest BCUT2D eigenvalue weighted by Gasteiger charge is 2.43. The lowest BCUT2D eigenvalue weighted by Gasteiger charge is -2.47. The van der Waals surface area contributed by atoms with Crippen molar-refractivity contribution < 1.29 is 9.53 Å². The molecule has 0 radical (unpaired) electrons. The van der Waals surface area contributed by atoms with E-state index in [1.165, 1.54) is 11.1 Å². The summed E-state index contributed by atoms with van der Waals surface area (Å²) in [5.41, 5.74) is 2.27. The highest BCUT2D eigenvalue weighted by atomic mass is 16.5. The number of likely N-dealkylation sites (tertiary alicyclic amines) is 1. The summed E-state index contributed by atoms with van der Waals surface area (Å²) in [5.74, 6) is 1.79. The van der Waals surface area contributed by atoms with Crippen LogP contribution in [0.15, 0.2) is 36.7 Å². The summed E-state index contributed by atoms with van der Waals surface area (Å²) in [6, 6.07) is 8.28. The number of carbonyl (C=O) groups is 1. The maximum absolute atomic E-state index is 12.6. The van der Waals surface area contributed by atoms with E-state index in [0.29, 0.717) is 12.3 Å². The second-order valence-corrected chi connectivity index (χ2v) is 9.42. The molecule has 1 amide bonds. The number of para-hydroxylation sites is 1. The molecule has 0 saturated carbocycles. The number of nitrogens with one attached hydrogen (secondary N) is 1. The van der Waals surface area contributed by atoms with Crippen LogP contribution < -0.4 is 10.1 Å². The van der Waals surface area contributed by atoms with Crippen LogP contribution in [-0.4, -0.2) is 45.8 Å². The lowest BCUT2D eigenvalue weighted by atomic mass is 9.76. The molecule has 1 saturated heterocycles. The van der Waals surface area contributed by atoms with Crippen LogP contribution in [0.5, 0.6) is 5.75 Å². The van der Waals surface area contributed by atoms with Crippen LogP contribution in [-0.2, 0) is 18.4 Å². The van der Waals surface area contributed by atoms with E-state index in [9.17, 15) is 4.79 Å². The minimum absolute atomic E-state index is 0.148. The molecule has 6 heteroatoms. The fourth-order valence-corrected chi connectivity index (χ4v) is 4.78. The van der Waals surface area contributed by atoms with Crippen molar-refractivity contribution in [3.05, 3.63) is 47.8 Å². The topological polar surface area (TPSA) is 59.4 Å². The maximum Gasteiger partial charge on any atom is 0.220 e. The molecule has 1 aromatic carbocycles. The summed E-state index contributed by atoms with van der Waals surface area (Å²) in [6.07, 6.45) is 7.47. The van der Waals surface area contributed by atoms with Gasteiger partial charge in [0.25, 0.3) is 0 Å². The molecule has 30 heavy (non-hydrogen) atoms. The van der Waals surface area contributed by atoms with Crippen LogP contribution in [0.2, 0.25) is 0 Å². The second-order valence-electron chi connectivity index (χ2n) is 9.42. The summed E-state index contributed by atoms with van der Waals surface area (Å²) < 4.78 is 8.46. The van der Waals surface area contributed by atoms with Crippen LogP contribution in [0, 0.1) is 5.92 Å². The molecule has 1 fully saturated rings. The van der Waals surface area contributed by atoms with E-state index in [2.05, 4.69) is 53.6 Å². The van der Waals surface area contributed by atoms with Gasteiger partial charge in [-0.1, -0.05) is 32.0 Å². The van der Waals surface area contributed by atoms with E-state index in [4.69, 9.17) is 4.74 Å². The zero-order valence-corrected chi connectivity index (χ0v) is 18.4. The minimum Gasteiger partial charge on any atom is -0.487 e. The highest BCUT2D eigenvalue weighted by molar-refractivity contribution is 5.77. The number of benzene rings is 1. The number of amides is 1. The molecule has 1 spiro atoms. The van der Waals surface area contributed by atoms with E-state index in [-0.39, 0.29) is 17.4 Å². The van der Waals surface area contributed by atoms with Crippen LogP contribution >= 0.6 is 0 Å². The highest BCUT2D eigenvalue weighted by Crippen LogP contribution is 2.46. The zero-order valence-electron chi connectivity index (χ0n) is 18.4. The summed E-state index contributed by atoms with van der Waals surface area (Å²) in [7, 11) is 1.96. The molecule has 2 aliphatic rings. The van der Waals surface area contributed by atoms with Crippen molar-refractivity contribution in [1.29, 1.82) is 0 Å². The van der Waals surface area contributed by atoms with Gasteiger partial charge in [-0.3, -0.25) is 14.4 Å². The van der Waals surface area contributed by atoms with Gasteiger partial charge in [0.15, 0.2) is 0 Å². The minimum atomic E-state index is -0.164. The Morgan fingerprint density at radius 1 is 1.30 bits per heavy atom. The van der Waals surface area contributed by atoms with Crippen molar-refractivity contribution in [1.82, 2.24) is 20.0 Å². The molecule has 0 aliphatic carbocycles. The number of ether oxygens (including phenoxy) is 1. The van der Waals surface area contributed by atoms with Gasteiger partial charge >= 0.3 is 0 Å². The van der Waals surface area contributed by atoms with Gasteiger partial charge in [-0.05, 0) is 36.8 Å². The Morgan fingerprint density at radius 3 is 2.77 bits per heavy atom. The van der Waals surface area contributed by atoms with E-state index < -0.39 is 0 Å². The number of aromatic nitrogens is 2. The van der Waals surface area contributed by atoms with E-state index in [1.54, 1.807) is 0 Å². The molecule has 2 aromatic rings. The zero-order chi connectivity index (χ0) is 21.1. The van der Waals surface area contributed by atoms with Crippen LogP contribution in [0.1, 0.15) is 56.6 Å². The fourth-order valence-electron chi connectivity index (χ4n) is 4.78. The summed E-state index contributed by atoms with van der Waals surface area (Å²) in [6.45, 7) is 7.92. The third-order valence-electron chi connectivity index (χ3n) is 6.37. The van der Waals surface area contributed by atoms with Crippen molar-refractivity contribution in [2.45, 2.75) is 57.6 Å². The number of rotatable bonds is 6. The van der Waals surface area contributed by atoms with Gasteiger partial charge < -0.3 is 10.1 Å². The van der Waals surface area contributed by atoms with Gasteiger partial charge in [-0.2, -0.15) is 5.10 Å². The number of hydrogen-bond acceptors (Lipinski definition) is 4. The fraction of sp³-hybridized carbons (Fsp3) is 0.583. The number of aryl methyl sites for hydroxylation is 1. The Hall–Kier alpha value is -2.34. The van der Waals surface area contributed by atoms with Crippen LogP contribution in [0.3, 0.4) is 0 Å². The predicted molar refractivity (Wildman–Crippen MR) is 117 cm³/mol. The summed E-state index contributed by atoms with van der Waals surface area (Å²) in [4.78, 5) is 15.1. The van der Waals surface area contributed by atoms with Gasteiger partial charge in [0.05, 0.1) is 6.20 Å². The SMILES string of the molecule is CC(C)CNC(=O)C[C@@H]1CC2(CCN(Cc3cnn(C)c3)CC2)Oc2ccccc21. The first-order chi connectivity index (χ1) is 14.4. The molecule has 0 unspecified atom stereocenters. The Kier molecular flexibility index (Phi) is 6.14. The first kappa shape index (κ1) is 20.9. The lowest BCUT2D eigenvalue weighted by Crippen LogP contribution is -2.50. The molecule has 6 nitrogen and oxygen atoms in total. The molecule has 3 heterocycles. The number of fused-ring (bicyclic) bond motifs is 1. The van der Waals surface area contributed by atoms with Crippen molar-refractivity contribution in [2.75, 3.05) is 19.6 Å². The van der Waals surface area contributed by atoms with Crippen molar-refractivity contribution >= 4 is 5.91 Å². The quantitative estimate of drug-likeness (QED) is 0.792. The Bertz CT molecular complexity index is 868. The van der Waals surface area contributed by atoms with Crippen molar-refractivity contribution in [3.63, 3.8) is 0 Å². The molecule has 2 aliphatic heterocycles. The monoisotopic (exact) mass is 410 g/mol. The number of nitrogens with zero attached hydrogens (tertiary/aromatic N) is 3. The molecular weight excluding hydrogens is 376 g/mol. The molecule has 0 bridgehead atoms. The van der Waals surface area contributed by atoms with Crippen LogP contribution in [0.25, 0.3) is 0 Å². The van der Waals surface area contributed by atoms with E-state index in [0.717, 1.165) is 51.2 Å². The maximum atomic E-state index is 12.6. The molecule has 4 rings (SSSR count). The first-order valence-electron chi connectivity index (χ1n) is 11.2. The van der Waals surface area contributed by atoms with E-state index in [1.807, 2.05) is 24.0 Å². The van der Waals surface area contributed by atoms with Crippen LogP contribution in [0.4, 0.5) is 0 Å². The predicted octanol–water partition coefficient (Wildman–Crippen LogP) is 3.48. The van der Waals surface area contributed by atoms with Gasteiger partial charge in [-0.15, -0.1) is 0 Å². The third kappa shape index (κ3) is 4.86. The Morgan fingerprint density at radius 2 is 2.07 bits per heavy atom. The largest absolute Gasteiger partial charge is 0.487 e. The number of hydrogen-bond donors (Lipinski definition) is 1. The average molecular weight is 411 g/mol. The van der Waals surface area contributed by atoms with Gasteiger partial charge in [-0.25, -0.2) is 0 Å². The lowest BCUT2D eigenvalue weighted by molar-refractivity contribution is -0.122. The second kappa shape index (κ2) is 8.80. The number of piperidine rings is 1. The van der Waals surface area contributed by atoms with Gasteiger partial charge in [0.1, 0.15) is 11.4 Å². The standard InChI is InChI=1S/C24H34N4O2/c1-18(2)14-25-23(29)12-20-13-24(30-22-7-5-4-6-21(20)22)8-10-28(11-9-24)17-19-15-26-27(3)16-19/h4-7,15-16,18,20H,8-14,17H2,1-3H3,(H,25,29)/t20-/m1/s1. The molecule has 1 atom stereocenters. The normalized spacial score (nSPS) is 20.7. The Balaban J connectivity index is 1.42. The average Bonchev–Trinajstić information content (AvgIpc) is 3.13. The van der Waals surface area contributed by atoms with Gasteiger partial charge in [0, 0.05) is 57.3 Å². The summed E-state index contributed by atoms with van der Waals surface area (Å²) >= 11 is 0. The first-order valence-corrected chi connectivity index (χ1v) is 11.2.